The number of aliphatic hydroxyl groups is 1. The molecule has 2 fully saturated rings. The van der Waals surface area contributed by atoms with E-state index < -0.39 is 0 Å². The summed E-state index contributed by atoms with van der Waals surface area (Å²) in [6, 6.07) is 10.2. The number of nitrogens with zero attached hydrogens (tertiary/aromatic N) is 7. The number of aliphatic hydroxyl groups excluding tert-OH is 1. The minimum atomic E-state index is 0.0181. The Morgan fingerprint density at radius 1 is 1.03 bits per heavy atom. The zero-order valence-electron chi connectivity index (χ0n) is 20.1. The highest BCUT2D eigenvalue weighted by atomic mass is 16.5. The number of benzene rings is 1. The first-order chi connectivity index (χ1) is 17.2. The lowest BCUT2D eigenvalue weighted by atomic mass is 9.89. The SMILES string of the molecule is N#Cc1ncc2nc(CN3CCN(c4ccc(OCCO)cc4)CC3)n(CC3CCCCC3)c2n1. The third kappa shape index (κ3) is 5.55. The molecule has 0 bridgehead atoms. The maximum Gasteiger partial charge on any atom is 0.234 e. The number of piperazine rings is 1. The highest BCUT2D eigenvalue weighted by molar-refractivity contribution is 5.70. The van der Waals surface area contributed by atoms with Crippen LogP contribution < -0.4 is 9.64 Å². The zero-order chi connectivity index (χ0) is 24.0. The highest BCUT2D eigenvalue weighted by Gasteiger charge is 2.23. The molecule has 3 aromatic rings. The first-order valence-electron chi connectivity index (χ1n) is 12.7. The van der Waals surface area contributed by atoms with Gasteiger partial charge in [-0.3, -0.25) is 4.90 Å². The standard InChI is InChI=1S/C26H33N7O2/c27-16-24-28-17-23-26(30-24)33(18-20-4-2-1-3-5-20)25(29-23)19-31-10-12-32(13-11-31)21-6-8-22(9-7-21)35-15-14-34/h6-9,17,20,34H,1-5,10-15,18-19H2. The van der Waals surface area contributed by atoms with Gasteiger partial charge in [0, 0.05) is 38.4 Å². The lowest BCUT2D eigenvalue weighted by Gasteiger charge is -2.36. The van der Waals surface area contributed by atoms with Crippen molar-refractivity contribution in [3.63, 3.8) is 0 Å². The third-order valence-electron chi connectivity index (χ3n) is 7.13. The number of hydrogen-bond donors (Lipinski definition) is 1. The second-order valence-corrected chi connectivity index (χ2v) is 9.49. The zero-order valence-corrected chi connectivity index (χ0v) is 20.1. The molecule has 1 saturated heterocycles. The van der Waals surface area contributed by atoms with Gasteiger partial charge in [-0.2, -0.15) is 10.2 Å². The summed E-state index contributed by atoms with van der Waals surface area (Å²) in [6.45, 7) is 5.80. The van der Waals surface area contributed by atoms with Crippen molar-refractivity contribution >= 4 is 16.9 Å². The maximum atomic E-state index is 9.31. The van der Waals surface area contributed by atoms with Crippen molar-refractivity contribution in [1.29, 1.82) is 5.26 Å². The van der Waals surface area contributed by atoms with Crippen LogP contribution in [-0.2, 0) is 13.1 Å². The van der Waals surface area contributed by atoms with E-state index in [1.54, 1.807) is 6.20 Å². The molecule has 0 atom stereocenters. The number of rotatable bonds is 8. The van der Waals surface area contributed by atoms with Crippen LogP contribution in [0.3, 0.4) is 0 Å². The number of fused-ring (bicyclic) bond motifs is 1. The van der Waals surface area contributed by atoms with Crippen LogP contribution in [0.4, 0.5) is 5.69 Å². The van der Waals surface area contributed by atoms with Gasteiger partial charge in [0.2, 0.25) is 5.82 Å². The van der Waals surface area contributed by atoms with Crippen molar-refractivity contribution in [1.82, 2.24) is 24.4 Å². The summed E-state index contributed by atoms with van der Waals surface area (Å²) in [7, 11) is 0. The molecule has 1 aliphatic carbocycles. The average molecular weight is 476 g/mol. The monoisotopic (exact) mass is 475 g/mol. The molecule has 35 heavy (non-hydrogen) atoms. The molecule has 1 N–H and O–H groups in total. The Morgan fingerprint density at radius 2 is 1.80 bits per heavy atom. The summed E-state index contributed by atoms with van der Waals surface area (Å²) < 4.78 is 7.73. The van der Waals surface area contributed by atoms with Gasteiger partial charge in [-0.05, 0) is 43.0 Å². The van der Waals surface area contributed by atoms with Crippen LogP contribution in [0.15, 0.2) is 30.5 Å². The lowest BCUT2D eigenvalue weighted by molar-refractivity contribution is 0.201. The first-order valence-corrected chi connectivity index (χ1v) is 12.7. The number of hydrogen-bond acceptors (Lipinski definition) is 8. The molecule has 1 aromatic carbocycles. The van der Waals surface area contributed by atoms with Crippen LogP contribution in [0.1, 0.15) is 43.8 Å². The molecule has 1 saturated carbocycles. The topological polar surface area (TPSA) is 103 Å². The lowest BCUT2D eigenvalue weighted by Crippen LogP contribution is -2.46. The van der Waals surface area contributed by atoms with Gasteiger partial charge in [0.15, 0.2) is 5.65 Å². The second kappa shape index (κ2) is 11.0. The summed E-state index contributed by atoms with van der Waals surface area (Å²) in [4.78, 5) is 18.4. The van der Waals surface area contributed by atoms with Gasteiger partial charge >= 0.3 is 0 Å². The highest BCUT2D eigenvalue weighted by Crippen LogP contribution is 2.28. The fraction of sp³-hybridized carbons (Fsp3) is 0.538. The predicted octanol–water partition coefficient (Wildman–Crippen LogP) is 2.97. The molecule has 5 rings (SSSR count). The van der Waals surface area contributed by atoms with Gasteiger partial charge in [0.05, 0.1) is 19.3 Å². The number of nitriles is 1. The van der Waals surface area contributed by atoms with Crippen molar-refractivity contribution in [3.8, 4) is 11.8 Å². The molecule has 9 heteroatoms. The number of aromatic nitrogens is 4. The molecule has 2 aliphatic rings. The van der Waals surface area contributed by atoms with Crippen molar-refractivity contribution < 1.29 is 9.84 Å². The Morgan fingerprint density at radius 3 is 2.51 bits per heavy atom. The van der Waals surface area contributed by atoms with E-state index in [1.807, 2.05) is 12.1 Å². The molecular weight excluding hydrogens is 442 g/mol. The predicted molar refractivity (Wildman–Crippen MR) is 133 cm³/mol. The quantitative estimate of drug-likeness (QED) is 0.530. The maximum absolute atomic E-state index is 9.31. The van der Waals surface area contributed by atoms with Crippen LogP contribution in [-0.4, -0.2) is 68.9 Å². The van der Waals surface area contributed by atoms with E-state index in [2.05, 4.69) is 42.5 Å². The van der Waals surface area contributed by atoms with Crippen LogP contribution in [0.25, 0.3) is 11.2 Å². The van der Waals surface area contributed by atoms with E-state index >= 15 is 0 Å². The van der Waals surface area contributed by atoms with Crippen molar-refractivity contribution in [2.24, 2.45) is 5.92 Å². The van der Waals surface area contributed by atoms with Gasteiger partial charge in [-0.15, -0.1) is 0 Å². The van der Waals surface area contributed by atoms with Crippen molar-refractivity contribution in [2.45, 2.75) is 45.2 Å². The summed E-state index contributed by atoms with van der Waals surface area (Å²) in [5.74, 6) is 2.64. The van der Waals surface area contributed by atoms with E-state index in [4.69, 9.17) is 14.8 Å². The van der Waals surface area contributed by atoms with Crippen LogP contribution in [0.5, 0.6) is 5.75 Å². The van der Waals surface area contributed by atoms with Gasteiger partial charge in [0.25, 0.3) is 0 Å². The van der Waals surface area contributed by atoms with Gasteiger partial charge in [-0.1, -0.05) is 19.3 Å². The molecule has 3 heterocycles. The Kier molecular flexibility index (Phi) is 7.40. The summed E-state index contributed by atoms with van der Waals surface area (Å²) >= 11 is 0. The average Bonchev–Trinajstić information content (AvgIpc) is 3.24. The molecular formula is C26H33N7O2. The van der Waals surface area contributed by atoms with Gasteiger partial charge in [0.1, 0.15) is 29.8 Å². The first kappa shape index (κ1) is 23.5. The largest absolute Gasteiger partial charge is 0.491 e. The molecule has 1 aliphatic heterocycles. The third-order valence-corrected chi connectivity index (χ3v) is 7.13. The summed E-state index contributed by atoms with van der Waals surface area (Å²) in [5, 5.41) is 18.2. The number of anilines is 1. The molecule has 184 valence electrons. The summed E-state index contributed by atoms with van der Waals surface area (Å²) in [5.41, 5.74) is 2.75. The normalized spacial score (nSPS) is 17.5. The minimum absolute atomic E-state index is 0.0181. The summed E-state index contributed by atoms with van der Waals surface area (Å²) in [6.07, 6.45) is 8.10. The number of imidazole rings is 1. The molecule has 0 radical (unpaired) electrons. The van der Waals surface area contributed by atoms with E-state index in [9.17, 15) is 5.26 Å². The Labute approximate surface area is 206 Å². The fourth-order valence-corrected chi connectivity index (χ4v) is 5.24. The van der Waals surface area contributed by atoms with E-state index in [-0.39, 0.29) is 12.4 Å². The molecule has 0 unspecified atom stereocenters. The molecule has 0 spiro atoms. The molecule has 9 nitrogen and oxygen atoms in total. The van der Waals surface area contributed by atoms with Gasteiger partial charge < -0.3 is 19.3 Å². The molecule has 0 amide bonds. The smallest absolute Gasteiger partial charge is 0.234 e. The van der Waals surface area contributed by atoms with Crippen LogP contribution in [0.2, 0.25) is 0 Å². The van der Waals surface area contributed by atoms with E-state index in [1.165, 1.54) is 37.8 Å². The van der Waals surface area contributed by atoms with E-state index in [0.29, 0.717) is 12.5 Å². The fourth-order valence-electron chi connectivity index (χ4n) is 5.24. The molecule has 2 aromatic heterocycles. The van der Waals surface area contributed by atoms with E-state index in [0.717, 1.165) is 62.0 Å². The Bertz CT molecular complexity index is 1160. The van der Waals surface area contributed by atoms with Crippen LogP contribution in [0, 0.1) is 17.2 Å². The second-order valence-electron chi connectivity index (χ2n) is 9.49. The van der Waals surface area contributed by atoms with Gasteiger partial charge in [-0.25, -0.2) is 9.97 Å². The Balaban J connectivity index is 1.27. The van der Waals surface area contributed by atoms with Crippen molar-refractivity contribution in [3.05, 3.63) is 42.1 Å². The Hall–Kier alpha value is -3.22. The minimum Gasteiger partial charge on any atom is -0.491 e. The number of ether oxygens (including phenoxy) is 1. The van der Waals surface area contributed by atoms with Crippen LogP contribution >= 0.6 is 0 Å². The van der Waals surface area contributed by atoms with Crippen molar-refractivity contribution in [2.75, 3.05) is 44.3 Å².